The smallest absolute Gasteiger partial charge is 0.141 e. The first-order chi connectivity index (χ1) is 14.6. The molecule has 3 aromatic rings. The molecular formula is C25H24N2O3. The number of aliphatic imine (C=N–C) groups is 1. The molecule has 0 amide bonds. The number of ether oxygens (including phenoxy) is 1. The third-order valence-corrected chi connectivity index (χ3v) is 6.56. The zero-order valence-corrected chi connectivity index (χ0v) is 17.2. The van der Waals surface area contributed by atoms with E-state index in [9.17, 15) is 5.11 Å². The topological polar surface area (TPSA) is 67.9 Å². The van der Waals surface area contributed by atoms with E-state index in [0.29, 0.717) is 12.3 Å². The van der Waals surface area contributed by atoms with Crippen molar-refractivity contribution < 1.29 is 14.4 Å². The number of nitrogens with zero attached hydrogens (tertiary/aromatic N) is 2. The fourth-order valence-corrected chi connectivity index (χ4v) is 4.87. The van der Waals surface area contributed by atoms with Crippen LogP contribution in [0.5, 0.6) is 5.75 Å². The Morgan fingerprint density at radius 2 is 1.93 bits per heavy atom. The van der Waals surface area contributed by atoms with E-state index in [1.165, 1.54) is 24.1 Å². The van der Waals surface area contributed by atoms with Crippen molar-refractivity contribution >= 4 is 11.4 Å². The van der Waals surface area contributed by atoms with Crippen LogP contribution in [0.3, 0.4) is 0 Å². The Morgan fingerprint density at radius 1 is 1.10 bits per heavy atom. The van der Waals surface area contributed by atoms with Gasteiger partial charge < -0.3 is 14.4 Å². The first kappa shape index (κ1) is 17.9. The molecule has 2 aromatic carbocycles. The van der Waals surface area contributed by atoms with Gasteiger partial charge in [-0.2, -0.15) is 0 Å². The summed E-state index contributed by atoms with van der Waals surface area (Å²) >= 11 is 0. The van der Waals surface area contributed by atoms with Crippen LogP contribution in [0.2, 0.25) is 0 Å². The van der Waals surface area contributed by atoms with Gasteiger partial charge in [-0.15, -0.1) is 0 Å². The van der Waals surface area contributed by atoms with Crippen LogP contribution in [0.15, 0.2) is 45.9 Å². The number of fused-ring (bicyclic) bond motifs is 2. The number of aryl methyl sites for hydroxylation is 2. The van der Waals surface area contributed by atoms with Crippen molar-refractivity contribution in [2.45, 2.75) is 51.7 Å². The monoisotopic (exact) mass is 400 g/mol. The van der Waals surface area contributed by atoms with E-state index >= 15 is 0 Å². The third kappa shape index (κ3) is 2.80. The minimum absolute atomic E-state index is 0.313. The molecule has 3 heterocycles. The van der Waals surface area contributed by atoms with Gasteiger partial charge in [-0.05, 0) is 67.5 Å². The Hall–Kier alpha value is -2.92. The first-order valence-corrected chi connectivity index (χ1v) is 10.7. The van der Waals surface area contributed by atoms with Crippen LogP contribution in [-0.4, -0.2) is 22.1 Å². The molecule has 2 unspecified atom stereocenters. The molecule has 6 rings (SSSR count). The van der Waals surface area contributed by atoms with E-state index in [4.69, 9.17) is 14.3 Å². The molecule has 2 aliphatic heterocycles. The summed E-state index contributed by atoms with van der Waals surface area (Å²) in [6.07, 6.45) is 2.94. The van der Waals surface area contributed by atoms with Gasteiger partial charge in [-0.1, -0.05) is 23.4 Å². The average molecular weight is 400 g/mol. The zero-order valence-electron chi connectivity index (χ0n) is 17.2. The second-order valence-corrected chi connectivity index (χ2v) is 8.74. The number of aliphatic hydroxyl groups is 1. The fraction of sp³-hybridized carbons (Fsp3) is 0.360. The molecule has 5 nitrogen and oxygen atoms in total. The van der Waals surface area contributed by atoms with E-state index in [0.717, 1.165) is 51.6 Å². The van der Waals surface area contributed by atoms with E-state index in [2.05, 4.69) is 23.4 Å². The number of para-hydroxylation sites is 1. The predicted molar refractivity (Wildman–Crippen MR) is 114 cm³/mol. The minimum atomic E-state index is -0.756. The maximum atomic E-state index is 11.4. The van der Waals surface area contributed by atoms with E-state index in [1.807, 2.05) is 32.0 Å². The molecule has 1 N–H and O–H groups in total. The van der Waals surface area contributed by atoms with Gasteiger partial charge in [0.05, 0.1) is 11.4 Å². The highest BCUT2D eigenvalue weighted by Gasteiger charge is 2.36. The summed E-state index contributed by atoms with van der Waals surface area (Å²) in [4.78, 5) is 4.98. The van der Waals surface area contributed by atoms with Gasteiger partial charge >= 0.3 is 0 Å². The molecule has 1 aromatic heterocycles. The largest absolute Gasteiger partial charge is 0.487 e. The summed E-state index contributed by atoms with van der Waals surface area (Å²) < 4.78 is 11.5. The molecule has 1 aliphatic carbocycles. The number of benzene rings is 2. The van der Waals surface area contributed by atoms with Crippen LogP contribution >= 0.6 is 0 Å². The van der Waals surface area contributed by atoms with Crippen molar-refractivity contribution in [2.75, 3.05) is 0 Å². The molecule has 3 aliphatic rings. The highest BCUT2D eigenvalue weighted by Crippen LogP contribution is 2.46. The van der Waals surface area contributed by atoms with Gasteiger partial charge in [0.2, 0.25) is 0 Å². The Kier molecular flexibility index (Phi) is 3.90. The number of rotatable bonds is 4. The predicted octanol–water partition coefficient (Wildman–Crippen LogP) is 5.03. The molecule has 152 valence electrons. The lowest BCUT2D eigenvalue weighted by molar-refractivity contribution is 0.0496. The van der Waals surface area contributed by atoms with Gasteiger partial charge in [-0.25, -0.2) is 0 Å². The van der Waals surface area contributed by atoms with E-state index in [-0.39, 0.29) is 6.10 Å². The SMILES string of the molecule is Cc1noc(C)c1-c1cc2c(c(C(O)C3Cc4ccccc4O3)c1)N=C(C1CC1)C2. The molecule has 0 radical (unpaired) electrons. The first-order valence-electron chi connectivity index (χ1n) is 10.7. The molecule has 1 fully saturated rings. The Bertz CT molecular complexity index is 1140. The number of hydrogen-bond acceptors (Lipinski definition) is 5. The summed E-state index contributed by atoms with van der Waals surface area (Å²) in [5.41, 5.74) is 8.24. The quantitative estimate of drug-likeness (QED) is 0.667. The maximum Gasteiger partial charge on any atom is 0.141 e. The van der Waals surface area contributed by atoms with Gasteiger partial charge in [-0.3, -0.25) is 4.99 Å². The van der Waals surface area contributed by atoms with Crippen molar-refractivity contribution in [3.05, 3.63) is 64.5 Å². The van der Waals surface area contributed by atoms with Crippen LogP contribution in [0.25, 0.3) is 11.1 Å². The summed E-state index contributed by atoms with van der Waals surface area (Å²) in [6, 6.07) is 12.3. The number of aromatic nitrogens is 1. The lowest BCUT2D eigenvalue weighted by atomic mass is 9.91. The van der Waals surface area contributed by atoms with Crippen molar-refractivity contribution in [1.82, 2.24) is 5.16 Å². The fourth-order valence-electron chi connectivity index (χ4n) is 4.87. The summed E-state index contributed by atoms with van der Waals surface area (Å²) in [5.74, 6) is 2.26. The third-order valence-electron chi connectivity index (χ3n) is 6.56. The standard InChI is InChI=1S/C25H24N2O3/c1-13-23(14(2)30-27-13)17-9-18-11-20(15-7-8-15)26-24(18)19(10-17)25(28)22-12-16-5-3-4-6-21(16)29-22/h3-6,9-10,15,22,25,28H,7-8,11-12H2,1-2H3. The zero-order chi connectivity index (χ0) is 20.4. The summed E-state index contributed by atoms with van der Waals surface area (Å²) in [6.45, 7) is 3.89. The van der Waals surface area contributed by atoms with Gasteiger partial charge in [0.1, 0.15) is 23.7 Å². The van der Waals surface area contributed by atoms with Crippen LogP contribution < -0.4 is 4.74 Å². The van der Waals surface area contributed by atoms with E-state index in [1.54, 1.807) is 0 Å². The normalized spacial score (nSPS) is 20.5. The van der Waals surface area contributed by atoms with Gasteiger partial charge in [0.25, 0.3) is 0 Å². The van der Waals surface area contributed by atoms with E-state index < -0.39 is 6.10 Å². The Morgan fingerprint density at radius 3 is 2.67 bits per heavy atom. The molecule has 5 heteroatoms. The lowest BCUT2D eigenvalue weighted by Gasteiger charge is -2.21. The summed E-state index contributed by atoms with van der Waals surface area (Å²) in [7, 11) is 0. The number of hydrogen-bond donors (Lipinski definition) is 1. The van der Waals surface area contributed by atoms with Crippen molar-refractivity contribution in [1.29, 1.82) is 0 Å². The van der Waals surface area contributed by atoms with Crippen molar-refractivity contribution in [3.8, 4) is 16.9 Å². The van der Waals surface area contributed by atoms with Gasteiger partial charge in [0.15, 0.2) is 0 Å². The molecule has 0 bridgehead atoms. The maximum absolute atomic E-state index is 11.4. The molecule has 0 saturated heterocycles. The highest BCUT2D eigenvalue weighted by atomic mass is 16.5. The molecule has 1 saturated carbocycles. The van der Waals surface area contributed by atoms with Crippen LogP contribution in [0, 0.1) is 19.8 Å². The highest BCUT2D eigenvalue weighted by molar-refractivity contribution is 5.98. The number of aliphatic hydroxyl groups excluding tert-OH is 1. The van der Waals surface area contributed by atoms with Crippen LogP contribution in [0.4, 0.5) is 5.69 Å². The molecular weight excluding hydrogens is 376 g/mol. The van der Waals surface area contributed by atoms with Crippen LogP contribution in [0.1, 0.15) is 47.1 Å². The molecule has 30 heavy (non-hydrogen) atoms. The van der Waals surface area contributed by atoms with Crippen LogP contribution in [-0.2, 0) is 12.8 Å². The summed E-state index contributed by atoms with van der Waals surface area (Å²) in [5, 5.41) is 15.6. The lowest BCUT2D eigenvalue weighted by Crippen LogP contribution is -2.23. The van der Waals surface area contributed by atoms with Crippen molar-refractivity contribution in [3.63, 3.8) is 0 Å². The molecule has 0 spiro atoms. The Balaban J connectivity index is 1.44. The Labute approximate surface area is 175 Å². The average Bonchev–Trinajstić information content (AvgIpc) is 3.21. The second-order valence-electron chi connectivity index (χ2n) is 8.74. The second kappa shape index (κ2) is 6.54. The van der Waals surface area contributed by atoms with Gasteiger partial charge in [0, 0.05) is 29.7 Å². The van der Waals surface area contributed by atoms with Crippen molar-refractivity contribution in [2.24, 2.45) is 10.9 Å². The minimum Gasteiger partial charge on any atom is -0.487 e. The molecule has 2 atom stereocenters.